The van der Waals surface area contributed by atoms with E-state index < -0.39 is 0 Å². The number of hydrogen-bond acceptors (Lipinski definition) is 7. The molecule has 0 N–H and O–H groups in total. The number of rotatable bonds is 8. The zero-order valence-electron chi connectivity index (χ0n) is 15.0. The minimum atomic E-state index is 0.122. The summed E-state index contributed by atoms with van der Waals surface area (Å²) in [7, 11) is 5.22. The highest BCUT2D eigenvalue weighted by Gasteiger charge is 2.36. The average Bonchev–Trinajstić information content (AvgIpc) is 3.22. The predicted molar refractivity (Wildman–Crippen MR) is 92.9 cm³/mol. The Morgan fingerprint density at radius 2 is 2.12 bits per heavy atom. The van der Waals surface area contributed by atoms with Gasteiger partial charge in [0.1, 0.15) is 12.1 Å². The summed E-state index contributed by atoms with van der Waals surface area (Å²) in [5.74, 6) is 1.42. The molecule has 0 aromatic carbocycles. The number of hydrogen-bond donors (Lipinski definition) is 0. The van der Waals surface area contributed by atoms with E-state index in [4.69, 9.17) is 14.2 Å². The molecule has 1 aliphatic heterocycles. The van der Waals surface area contributed by atoms with E-state index in [-0.39, 0.29) is 12.1 Å². The van der Waals surface area contributed by atoms with E-state index in [1.165, 1.54) is 11.9 Å². The lowest BCUT2D eigenvalue weighted by molar-refractivity contribution is 0.0137. The number of aromatic nitrogens is 4. The third-order valence-corrected chi connectivity index (χ3v) is 4.44. The van der Waals surface area contributed by atoms with Crippen molar-refractivity contribution in [2.24, 2.45) is 7.05 Å². The Bertz CT molecular complexity index is 678. The highest BCUT2D eigenvalue weighted by Crippen LogP contribution is 2.29. The van der Waals surface area contributed by atoms with E-state index in [2.05, 4.69) is 20.0 Å². The summed E-state index contributed by atoms with van der Waals surface area (Å²) in [4.78, 5) is 10.8. The third-order valence-electron chi connectivity index (χ3n) is 4.44. The van der Waals surface area contributed by atoms with Crippen LogP contribution in [0.1, 0.15) is 12.0 Å². The molecule has 0 amide bonds. The van der Waals surface area contributed by atoms with Gasteiger partial charge in [-0.05, 0) is 18.4 Å². The molecule has 0 aliphatic carbocycles. The van der Waals surface area contributed by atoms with E-state index in [1.807, 2.05) is 30.2 Å². The Labute approximate surface area is 147 Å². The lowest BCUT2D eigenvalue weighted by atomic mass is 10.0. The molecule has 2 atom stereocenters. The van der Waals surface area contributed by atoms with Gasteiger partial charge >= 0.3 is 0 Å². The maximum absolute atomic E-state index is 6.07. The van der Waals surface area contributed by atoms with Gasteiger partial charge in [0.15, 0.2) is 0 Å². The summed E-state index contributed by atoms with van der Waals surface area (Å²) in [6, 6.07) is 2.05. The van der Waals surface area contributed by atoms with Crippen molar-refractivity contribution in [1.29, 1.82) is 0 Å². The number of anilines is 1. The first kappa shape index (κ1) is 17.6. The Balaban J connectivity index is 1.79. The first-order chi connectivity index (χ1) is 12.2. The topological polar surface area (TPSA) is 74.5 Å². The first-order valence-corrected chi connectivity index (χ1v) is 8.42. The number of methoxy groups -OCH3 is 2. The fourth-order valence-corrected chi connectivity index (χ4v) is 3.25. The first-order valence-electron chi connectivity index (χ1n) is 8.42. The van der Waals surface area contributed by atoms with Crippen LogP contribution in [0.5, 0.6) is 5.88 Å². The average molecular weight is 347 g/mol. The molecule has 136 valence electrons. The molecule has 1 saturated heterocycles. The zero-order chi connectivity index (χ0) is 17.6. The van der Waals surface area contributed by atoms with E-state index in [0.717, 1.165) is 25.2 Å². The van der Waals surface area contributed by atoms with Crippen molar-refractivity contribution < 1.29 is 14.2 Å². The maximum Gasteiger partial charge on any atom is 0.218 e. The van der Waals surface area contributed by atoms with Gasteiger partial charge in [-0.15, -0.1) is 0 Å². The van der Waals surface area contributed by atoms with Crippen LogP contribution in [-0.2, 0) is 22.9 Å². The molecule has 0 radical (unpaired) electrons. The van der Waals surface area contributed by atoms with Crippen LogP contribution < -0.4 is 9.64 Å². The van der Waals surface area contributed by atoms with Gasteiger partial charge in [0, 0.05) is 33.0 Å². The quantitative estimate of drug-likeness (QED) is 0.661. The molecule has 8 heteroatoms. The Kier molecular flexibility index (Phi) is 5.83. The molecule has 1 aliphatic rings. The normalized spacial score (nSPS) is 20.2. The van der Waals surface area contributed by atoms with E-state index in [9.17, 15) is 0 Å². The largest absolute Gasteiger partial charge is 0.481 e. The number of aryl methyl sites for hydroxylation is 1. The van der Waals surface area contributed by atoms with E-state index in [0.29, 0.717) is 19.1 Å². The molecule has 0 bridgehead atoms. The second kappa shape index (κ2) is 8.26. The van der Waals surface area contributed by atoms with Crippen LogP contribution in [0.25, 0.3) is 0 Å². The minimum absolute atomic E-state index is 0.122. The van der Waals surface area contributed by atoms with E-state index in [1.54, 1.807) is 14.2 Å². The zero-order valence-corrected chi connectivity index (χ0v) is 15.0. The molecule has 1 fully saturated rings. The third kappa shape index (κ3) is 4.26. The van der Waals surface area contributed by atoms with Gasteiger partial charge in [-0.2, -0.15) is 5.10 Å². The van der Waals surface area contributed by atoms with Crippen LogP contribution in [0, 0.1) is 0 Å². The van der Waals surface area contributed by atoms with Crippen molar-refractivity contribution in [3.63, 3.8) is 0 Å². The maximum atomic E-state index is 6.07. The SMILES string of the molecule is COCCO[C@H]1CCN(c2cc(OC)ncn2)[C@@H]1Cc1cnn(C)c1. The van der Waals surface area contributed by atoms with Crippen LogP contribution in [-0.4, -0.2) is 65.9 Å². The summed E-state index contributed by atoms with van der Waals surface area (Å²) in [6.45, 7) is 2.06. The standard InChI is InChI=1S/C17H25N5O3/c1-21-11-13(10-20-21)8-14-15(25-7-6-23-2)4-5-22(14)16-9-17(24-3)19-12-18-16/h9-12,14-15H,4-8H2,1-3H3/t14-,15+/m1/s1. The fourth-order valence-electron chi connectivity index (χ4n) is 3.25. The number of nitrogens with zero attached hydrogens (tertiary/aromatic N) is 5. The van der Waals surface area contributed by atoms with Crippen molar-refractivity contribution >= 4 is 5.82 Å². The van der Waals surface area contributed by atoms with Gasteiger partial charge in [0.05, 0.1) is 38.7 Å². The van der Waals surface area contributed by atoms with Crippen LogP contribution in [0.4, 0.5) is 5.82 Å². The van der Waals surface area contributed by atoms with Crippen LogP contribution in [0.15, 0.2) is 24.8 Å². The highest BCUT2D eigenvalue weighted by atomic mass is 16.5. The van der Waals surface area contributed by atoms with Crippen LogP contribution >= 0.6 is 0 Å². The highest BCUT2D eigenvalue weighted by molar-refractivity contribution is 5.44. The molecule has 2 aromatic heterocycles. The minimum Gasteiger partial charge on any atom is -0.481 e. The molecule has 25 heavy (non-hydrogen) atoms. The molecular weight excluding hydrogens is 322 g/mol. The van der Waals surface area contributed by atoms with Gasteiger partial charge in [-0.3, -0.25) is 4.68 Å². The smallest absolute Gasteiger partial charge is 0.218 e. The van der Waals surface area contributed by atoms with Gasteiger partial charge in [-0.1, -0.05) is 0 Å². The summed E-state index contributed by atoms with van der Waals surface area (Å²) in [5.41, 5.74) is 1.18. The van der Waals surface area contributed by atoms with Gasteiger partial charge < -0.3 is 19.1 Å². The van der Waals surface area contributed by atoms with Crippen molar-refractivity contribution in [3.05, 3.63) is 30.4 Å². The molecule has 3 rings (SSSR count). The van der Waals surface area contributed by atoms with Crippen molar-refractivity contribution in [2.45, 2.75) is 25.0 Å². The second-order valence-electron chi connectivity index (χ2n) is 6.10. The molecule has 0 unspecified atom stereocenters. The summed E-state index contributed by atoms with van der Waals surface area (Å²) >= 11 is 0. The summed E-state index contributed by atoms with van der Waals surface area (Å²) in [5, 5.41) is 4.28. The monoisotopic (exact) mass is 347 g/mol. The fraction of sp³-hybridized carbons (Fsp3) is 0.588. The van der Waals surface area contributed by atoms with Crippen LogP contribution in [0.2, 0.25) is 0 Å². The summed E-state index contributed by atoms with van der Waals surface area (Å²) < 4.78 is 18.2. The van der Waals surface area contributed by atoms with Gasteiger partial charge in [0.2, 0.25) is 5.88 Å². The second-order valence-corrected chi connectivity index (χ2v) is 6.10. The summed E-state index contributed by atoms with van der Waals surface area (Å²) in [6.07, 6.45) is 7.40. The Hall–Kier alpha value is -2.19. The molecule has 3 heterocycles. The molecule has 0 saturated carbocycles. The lowest BCUT2D eigenvalue weighted by Crippen LogP contribution is -2.39. The lowest BCUT2D eigenvalue weighted by Gasteiger charge is -2.29. The van der Waals surface area contributed by atoms with Gasteiger partial charge in [0.25, 0.3) is 0 Å². The van der Waals surface area contributed by atoms with E-state index >= 15 is 0 Å². The van der Waals surface area contributed by atoms with Crippen molar-refractivity contribution in [1.82, 2.24) is 19.7 Å². The molecule has 8 nitrogen and oxygen atoms in total. The van der Waals surface area contributed by atoms with Crippen LogP contribution in [0.3, 0.4) is 0 Å². The Morgan fingerprint density at radius 3 is 2.84 bits per heavy atom. The Morgan fingerprint density at radius 1 is 1.24 bits per heavy atom. The molecular formula is C17H25N5O3. The molecule has 0 spiro atoms. The van der Waals surface area contributed by atoms with Crippen molar-refractivity contribution in [3.8, 4) is 5.88 Å². The number of ether oxygens (including phenoxy) is 3. The molecule has 2 aromatic rings. The predicted octanol–water partition coefficient (Wildman–Crippen LogP) is 1.07. The van der Waals surface area contributed by atoms with Gasteiger partial charge in [-0.25, -0.2) is 9.97 Å². The van der Waals surface area contributed by atoms with Crippen molar-refractivity contribution in [2.75, 3.05) is 38.9 Å².